The van der Waals surface area contributed by atoms with E-state index < -0.39 is 10.0 Å². The van der Waals surface area contributed by atoms with Crippen LogP contribution in [-0.2, 0) is 14.8 Å². The van der Waals surface area contributed by atoms with Crippen LogP contribution in [0.15, 0.2) is 44.8 Å². The highest BCUT2D eigenvalue weighted by atomic mass is 32.2. The van der Waals surface area contributed by atoms with Crippen molar-refractivity contribution in [3.05, 3.63) is 35.7 Å². The third-order valence-electron chi connectivity index (χ3n) is 4.67. The Kier molecular flexibility index (Phi) is 5.75. The third-order valence-corrected chi connectivity index (χ3v) is 9.57. The van der Waals surface area contributed by atoms with Gasteiger partial charge in [-0.05, 0) is 48.7 Å². The zero-order valence-electron chi connectivity index (χ0n) is 15.1. The lowest BCUT2D eigenvalue weighted by molar-refractivity contribution is -0.120. The predicted octanol–water partition coefficient (Wildman–Crippen LogP) is 4.12. The molecule has 3 aromatic rings. The van der Waals surface area contributed by atoms with E-state index >= 15 is 0 Å². The number of aromatic nitrogens is 1. The molecule has 6 nitrogen and oxygen atoms in total. The fraction of sp³-hybridized carbons (Fsp3) is 0.333. The average Bonchev–Trinajstić information content (AvgIpc) is 3.37. The lowest BCUT2D eigenvalue weighted by Crippen LogP contribution is -2.43. The number of rotatable bonds is 5. The number of sulfonamides is 1. The number of piperidine rings is 1. The van der Waals surface area contributed by atoms with E-state index in [-0.39, 0.29) is 18.4 Å². The first-order chi connectivity index (χ1) is 13.5. The first kappa shape index (κ1) is 19.8. The molecule has 1 N–H and O–H groups in total. The van der Waals surface area contributed by atoms with E-state index in [4.69, 9.17) is 0 Å². The molecule has 0 aliphatic carbocycles. The first-order valence-electron chi connectivity index (χ1n) is 8.76. The number of thioether (sulfide) groups is 1. The van der Waals surface area contributed by atoms with E-state index in [1.165, 1.54) is 27.0 Å². The van der Waals surface area contributed by atoms with Crippen LogP contribution in [0.5, 0.6) is 0 Å². The Bertz CT molecular complexity index is 1090. The normalized spacial score (nSPS) is 18.4. The molecule has 1 saturated heterocycles. The zero-order valence-corrected chi connectivity index (χ0v) is 18.4. The molecule has 0 bridgehead atoms. The minimum atomic E-state index is -3.53. The SMILES string of the molecule is CSc1ccc2nc(NC(=O)C3CCCN(S(=O)(=O)c4cccs4)C3)sc2c1. The minimum absolute atomic E-state index is 0.171. The molecule has 4 rings (SSSR count). The molecule has 0 spiro atoms. The fourth-order valence-corrected chi connectivity index (χ4v) is 7.30. The summed E-state index contributed by atoms with van der Waals surface area (Å²) in [4.78, 5) is 18.4. The van der Waals surface area contributed by atoms with Crippen LogP contribution in [0, 0.1) is 5.92 Å². The van der Waals surface area contributed by atoms with Crippen LogP contribution in [0.25, 0.3) is 10.2 Å². The van der Waals surface area contributed by atoms with Gasteiger partial charge in [0.1, 0.15) is 4.21 Å². The van der Waals surface area contributed by atoms with Gasteiger partial charge in [0.05, 0.1) is 16.1 Å². The molecule has 148 valence electrons. The number of carbonyl (C=O) groups is 1. The van der Waals surface area contributed by atoms with Crippen LogP contribution < -0.4 is 5.32 Å². The lowest BCUT2D eigenvalue weighted by atomic mass is 9.99. The lowest BCUT2D eigenvalue weighted by Gasteiger charge is -2.30. The van der Waals surface area contributed by atoms with Crippen molar-refractivity contribution < 1.29 is 13.2 Å². The standard InChI is InChI=1S/C18H19N3O3S4/c1-25-13-6-7-14-15(10-13)27-18(19-14)20-17(22)12-4-2-8-21(11-12)28(23,24)16-5-3-9-26-16/h3,5-7,9-10,12H,2,4,8,11H2,1H3,(H,19,20,22). The van der Waals surface area contributed by atoms with E-state index in [0.29, 0.717) is 28.7 Å². The molecule has 1 aliphatic rings. The Morgan fingerprint density at radius 3 is 2.96 bits per heavy atom. The highest BCUT2D eigenvalue weighted by Gasteiger charge is 2.34. The molecule has 0 radical (unpaired) electrons. The summed E-state index contributed by atoms with van der Waals surface area (Å²) >= 11 is 4.30. The van der Waals surface area contributed by atoms with Gasteiger partial charge in [0, 0.05) is 18.0 Å². The number of fused-ring (bicyclic) bond motifs is 1. The first-order valence-corrected chi connectivity index (χ1v) is 13.1. The molecule has 1 atom stereocenters. The van der Waals surface area contributed by atoms with Gasteiger partial charge in [-0.15, -0.1) is 23.1 Å². The number of nitrogens with one attached hydrogen (secondary N) is 1. The van der Waals surface area contributed by atoms with E-state index in [0.717, 1.165) is 15.1 Å². The van der Waals surface area contributed by atoms with Crippen LogP contribution in [0.1, 0.15) is 12.8 Å². The number of carbonyl (C=O) groups excluding carboxylic acids is 1. The van der Waals surface area contributed by atoms with Crippen LogP contribution in [0.4, 0.5) is 5.13 Å². The van der Waals surface area contributed by atoms with E-state index in [2.05, 4.69) is 16.4 Å². The summed E-state index contributed by atoms with van der Waals surface area (Å²) in [7, 11) is -3.53. The summed E-state index contributed by atoms with van der Waals surface area (Å²) in [6, 6.07) is 9.34. The van der Waals surface area contributed by atoms with Gasteiger partial charge in [-0.25, -0.2) is 13.4 Å². The van der Waals surface area contributed by atoms with Crippen molar-refractivity contribution in [2.24, 2.45) is 5.92 Å². The maximum Gasteiger partial charge on any atom is 0.252 e. The smallest absolute Gasteiger partial charge is 0.252 e. The Hall–Kier alpha value is -1.46. The Labute approximate surface area is 176 Å². The van der Waals surface area contributed by atoms with Crippen LogP contribution in [-0.4, -0.2) is 43.0 Å². The van der Waals surface area contributed by atoms with Gasteiger partial charge >= 0.3 is 0 Å². The zero-order chi connectivity index (χ0) is 19.7. The second kappa shape index (κ2) is 8.11. The Morgan fingerprint density at radius 1 is 1.36 bits per heavy atom. The molecule has 2 aromatic heterocycles. The van der Waals surface area contributed by atoms with Crippen molar-refractivity contribution in [3.8, 4) is 0 Å². The number of thiophene rings is 1. The summed E-state index contributed by atoms with van der Waals surface area (Å²) in [5.74, 6) is -0.549. The molecule has 10 heteroatoms. The summed E-state index contributed by atoms with van der Waals surface area (Å²) in [5.41, 5.74) is 0.851. The molecule has 28 heavy (non-hydrogen) atoms. The van der Waals surface area contributed by atoms with Crippen LogP contribution in [0.3, 0.4) is 0 Å². The Morgan fingerprint density at radius 2 is 2.21 bits per heavy atom. The van der Waals surface area contributed by atoms with Gasteiger partial charge < -0.3 is 5.32 Å². The number of hydrogen-bond acceptors (Lipinski definition) is 7. The maximum atomic E-state index is 12.8. The Balaban J connectivity index is 1.47. The van der Waals surface area contributed by atoms with Crippen molar-refractivity contribution >= 4 is 65.7 Å². The molecule has 1 amide bonds. The van der Waals surface area contributed by atoms with Crippen molar-refractivity contribution in [1.29, 1.82) is 0 Å². The molecule has 1 fully saturated rings. The van der Waals surface area contributed by atoms with Crippen molar-refractivity contribution in [3.63, 3.8) is 0 Å². The highest BCUT2D eigenvalue weighted by molar-refractivity contribution is 7.98. The van der Waals surface area contributed by atoms with E-state index in [1.807, 2.05) is 18.4 Å². The molecule has 1 aliphatic heterocycles. The summed E-state index contributed by atoms with van der Waals surface area (Å²) in [6.45, 7) is 0.649. The van der Waals surface area contributed by atoms with Gasteiger partial charge in [0.2, 0.25) is 5.91 Å². The number of nitrogens with zero attached hydrogens (tertiary/aromatic N) is 2. The number of thiazole rings is 1. The number of benzene rings is 1. The van der Waals surface area contributed by atoms with Crippen molar-refractivity contribution in [2.75, 3.05) is 24.7 Å². The highest BCUT2D eigenvalue weighted by Crippen LogP contribution is 2.31. The third kappa shape index (κ3) is 3.97. The van der Waals surface area contributed by atoms with E-state index in [9.17, 15) is 13.2 Å². The topological polar surface area (TPSA) is 79.4 Å². The fourth-order valence-electron chi connectivity index (χ4n) is 3.21. The summed E-state index contributed by atoms with van der Waals surface area (Å²) in [5, 5.41) is 5.19. The molecule has 1 aromatic carbocycles. The molecule has 1 unspecified atom stereocenters. The van der Waals surface area contributed by atoms with Gasteiger partial charge in [0.15, 0.2) is 5.13 Å². The van der Waals surface area contributed by atoms with E-state index in [1.54, 1.807) is 29.3 Å². The number of hydrogen-bond donors (Lipinski definition) is 1. The number of anilines is 1. The predicted molar refractivity (Wildman–Crippen MR) is 116 cm³/mol. The van der Waals surface area contributed by atoms with Crippen LogP contribution in [0.2, 0.25) is 0 Å². The van der Waals surface area contributed by atoms with Gasteiger partial charge in [0.25, 0.3) is 10.0 Å². The van der Waals surface area contributed by atoms with Gasteiger partial charge in [-0.1, -0.05) is 17.4 Å². The summed E-state index contributed by atoms with van der Waals surface area (Å²) in [6.07, 6.45) is 3.35. The second-order valence-electron chi connectivity index (χ2n) is 6.48. The largest absolute Gasteiger partial charge is 0.302 e. The molecular formula is C18H19N3O3S4. The number of amides is 1. The maximum absolute atomic E-state index is 12.8. The second-order valence-corrected chi connectivity index (χ2v) is 11.5. The van der Waals surface area contributed by atoms with Crippen LogP contribution >= 0.6 is 34.4 Å². The molecular weight excluding hydrogens is 434 g/mol. The van der Waals surface area contributed by atoms with Gasteiger partial charge in [-0.2, -0.15) is 4.31 Å². The average molecular weight is 454 g/mol. The van der Waals surface area contributed by atoms with Crippen molar-refractivity contribution in [2.45, 2.75) is 21.9 Å². The monoisotopic (exact) mass is 453 g/mol. The quantitative estimate of drug-likeness (QED) is 0.588. The molecule has 3 heterocycles. The minimum Gasteiger partial charge on any atom is -0.302 e. The molecule has 0 saturated carbocycles. The van der Waals surface area contributed by atoms with Crippen molar-refractivity contribution in [1.82, 2.24) is 9.29 Å². The van der Waals surface area contributed by atoms with Gasteiger partial charge in [-0.3, -0.25) is 4.79 Å². The summed E-state index contributed by atoms with van der Waals surface area (Å²) < 4.78 is 28.3.